The zero-order valence-corrected chi connectivity index (χ0v) is 7.64. The van der Waals surface area contributed by atoms with Gasteiger partial charge in [0, 0.05) is 6.61 Å². The summed E-state index contributed by atoms with van der Waals surface area (Å²) in [5.74, 6) is -0.288. The van der Waals surface area contributed by atoms with Gasteiger partial charge >= 0.3 is 0 Å². The molecule has 1 aliphatic rings. The van der Waals surface area contributed by atoms with E-state index in [0.717, 1.165) is 25.7 Å². The Morgan fingerprint density at radius 3 is 2.42 bits per heavy atom. The van der Waals surface area contributed by atoms with Gasteiger partial charge in [-0.25, -0.2) is 0 Å². The van der Waals surface area contributed by atoms with E-state index in [-0.39, 0.29) is 5.91 Å². The maximum atomic E-state index is 11.2. The van der Waals surface area contributed by atoms with E-state index in [9.17, 15) is 4.79 Å². The first-order chi connectivity index (χ1) is 5.71. The van der Waals surface area contributed by atoms with E-state index in [1.54, 1.807) is 0 Å². The predicted molar refractivity (Wildman–Crippen MR) is 46.6 cm³/mol. The van der Waals surface area contributed by atoms with E-state index in [0.29, 0.717) is 6.61 Å². The first-order valence-electron chi connectivity index (χ1n) is 4.65. The van der Waals surface area contributed by atoms with Gasteiger partial charge in [0.05, 0.1) is 0 Å². The molecule has 1 aliphatic carbocycles. The third kappa shape index (κ3) is 1.78. The molecule has 0 aromatic carbocycles. The van der Waals surface area contributed by atoms with Crippen LogP contribution in [-0.4, -0.2) is 18.1 Å². The van der Waals surface area contributed by atoms with Crippen LogP contribution in [0.3, 0.4) is 0 Å². The van der Waals surface area contributed by atoms with Crippen molar-refractivity contribution in [1.29, 1.82) is 0 Å². The molecule has 0 saturated heterocycles. The lowest BCUT2D eigenvalue weighted by Gasteiger charge is -2.33. The van der Waals surface area contributed by atoms with Gasteiger partial charge in [-0.1, -0.05) is 19.3 Å². The molecule has 12 heavy (non-hydrogen) atoms. The summed E-state index contributed by atoms with van der Waals surface area (Å²) in [5, 5.41) is 0. The number of rotatable bonds is 3. The van der Waals surface area contributed by atoms with Gasteiger partial charge < -0.3 is 10.5 Å². The van der Waals surface area contributed by atoms with Crippen molar-refractivity contribution in [3.63, 3.8) is 0 Å². The van der Waals surface area contributed by atoms with Gasteiger partial charge in [0.2, 0.25) is 5.91 Å². The van der Waals surface area contributed by atoms with Crippen molar-refractivity contribution in [1.82, 2.24) is 0 Å². The monoisotopic (exact) mass is 171 g/mol. The maximum Gasteiger partial charge on any atom is 0.249 e. The summed E-state index contributed by atoms with van der Waals surface area (Å²) < 4.78 is 5.46. The lowest BCUT2D eigenvalue weighted by atomic mass is 9.84. The van der Waals surface area contributed by atoms with E-state index in [1.165, 1.54) is 6.42 Å². The smallest absolute Gasteiger partial charge is 0.249 e. The van der Waals surface area contributed by atoms with Crippen LogP contribution in [0.25, 0.3) is 0 Å². The van der Waals surface area contributed by atoms with E-state index in [4.69, 9.17) is 10.5 Å². The Balaban J connectivity index is 2.63. The molecule has 2 N–H and O–H groups in total. The zero-order valence-electron chi connectivity index (χ0n) is 7.64. The van der Waals surface area contributed by atoms with Crippen LogP contribution >= 0.6 is 0 Å². The highest BCUT2D eigenvalue weighted by Crippen LogP contribution is 2.31. The molecule has 0 unspecified atom stereocenters. The van der Waals surface area contributed by atoms with Crippen molar-refractivity contribution < 1.29 is 9.53 Å². The highest BCUT2D eigenvalue weighted by atomic mass is 16.5. The molecule has 0 aromatic rings. The minimum atomic E-state index is -0.632. The maximum absolute atomic E-state index is 11.2. The van der Waals surface area contributed by atoms with Crippen molar-refractivity contribution in [2.75, 3.05) is 6.61 Å². The van der Waals surface area contributed by atoms with Crippen molar-refractivity contribution in [2.45, 2.75) is 44.6 Å². The number of carbonyl (C=O) groups is 1. The highest BCUT2D eigenvalue weighted by Gasteiger charge is 2.38. The molecule has 3 nitrogen and oxygen atoms in total. The summed E-state index contributed by atoms with van der Waals surface area (Å²) in [6, 6.07) is 0. The van der Waals surface area contributed by atoms with Crippen LogP contribution in [0, 0.1) is 0 Å². The number of amides is 1. The summed E-state index contributed by atoms with van der Waals surface area (Å²) in [4.78, 5) is 11.2. The number of carbonyl (C=O) groups excluding carboxylic acids is 1. The molecule has 0 atom stereocenters. The summed E-state index contributed by atoms with van der Waals surface area (Å²) in [6.07, 6.45) is 4.92. The molecule has 0 spiro atoms. The van der Waals surface area contributed by atoms with Gasteiger partial charge in [0.25, 0.3) is 0 Å². The average Bonchev–Trinajstić information content (AvgIpc) is 2.06. The van der Waals surface area contributed by atoms with Gasteiger partial charge in [-0.3, -0.25) is 4.79 Å². The van der Waals surface area contributed by atoms with Crippen LogP contribution in [-0.2, 0) is 9.53 Å². The molecule has 0 heterocycles. The van der Waals surface area contributed by atoms with Gasteiger partial charge in [-0.15, -0.1) is 0 Å². The highest BCUT2D eigenvalue weighted by molar-refractivity contribution is 5.83. The Morgan fingerprint density at radius 1 is 1.42 bits per heavy atom. The van der Waals surface area contributed by atoms with Gasteiger partial charge in [0.15, 0.2) is 0 Å². The van der Waals surface area contributed by atoms with Crippen LogP contribution < -0.4 is 5.73 Å². The average molecular weight is 171 g/mol. The number of primary amides is 1. The second kappa shape index (κ2) is 3.90. The lowest BCUT2D eigenvalue weighted by Crippen LogP contribution is -2.47. The summed E-state index contributed by atoms with van der Waals surface area (Å²) in [6.45, 7) is 2.47. The first kappa shape index (κ1) is 9.52. The number of ether oxygens (including phenoxy) is 1. The second-order valence-electron chi connectivity index (χ2n) is 3.35. The predicted octanol–water partition coefficient (Wildman–Crippen LogP) is 1.21. The normalized spacial score (nSPS) is 22.1. The molecule has 0 aromatic heterocycles. The Hall–Kier alpha value is -0.570. The van der Waals surface area contributed by atoms with Crippen LogP contribution in [0.4, 0.5) is 0 Å². The molecule has 1 saturated carbocycles. The Kier molecular flexibility index (Phi) is 3.09. The molecule has 1 rings (SSSR count). The Morgan fingerprint density at radius 2 is 2.00 bits per heavy atom. The number of nitrogens with two attached hydrogens (primary N) is 1. The van der Waals surface area contributed by atoms with E-state index in [1.807, 2.05) is 6.92 Å². The molecule has 1 amide bonds. The van der Waals surface area contributed by atoms with Gasteiger partial charge in [0.1, 0.15) is 5.60 Å². The largest absolute Gasteiger partial charge is 0.367 e. The topological polar surface area (TPSA) is 52.3 Å². The van der Waals surface area contributed by atoms with Crippen LogP contribution in [0.5, 0.6) is 0 Å². The van der Waals surface area contributed by atoms with Crippen molar-refractivity contribution in [3.05, 3.63) is 0 Å². The zero-order chi connectivity index (χ0) is 9.03. The first-order valence-corrected chi connectivity index (χ1v) is 4.65. The number of hydrogen-bond donors (Lipinski definition) is 1. The van der Waals surface area contributed by atoms with E-state index < -0.39 is 5.60 Å². The molecule has 0 bridgehead atoms. The molecular weight excluding hydrogens is 154 g/mol. The Bertz CT molecular complexity index is 156. The van der Waals surface area contributed by atoms with Crippen molar-refractivity contribution >= 4 is 5.91 Å². The van der Waals surface area contributed by atoms with Crippen molar-refractivity contribution in [3.8, 4) is 0 Å². The van der Waals surface area contributed by atoms with E-state index in [2.05, 4.69) is 0 Å². The van der Waals surface area contributed by atoms with Gasteiger partial charge in [-0.2, -0.15) is 0 Å². The Labute approximate surface area is 73.3 Å². The lowest BCUT2D eigenvalue weighted by molar-refractivity contribution is -0.147. The molecule has 3 heteroatoms. The minimum absolute atomic E-state index is 0.288. The van der Waals surface area contributed by atoms with Gasteiger partial charge in [-0.05, 0) is 19.8 Å². The quantitative estimate of drug-likeness (QED) is 0.694. The second-order valence-corrected chi connectivity index (χ2v) is 3.35. The molecular formula is C9H17NO2. The fourth-order valence-electron chi connectivity index (χ4n) is 1.86. The van der Waals surface area contributed by atoms with Crippen molar-refractivity contribution in [2.24, 2.45) is 5.73 Å². The fourth-order valence-corrected chi connectivity index (χ4v) is 1.86. The van der Waals surface area contributed by atoms with Crippen LogP contribution in [0.1, 0.15) is 39.0 Å². The third-order valence-corrected chi connectivity index (χ3v) is 2.53. The molecule has 0 radical (unpaired) electrons. The van der Waals surface area contributed by atoms with Crippen LogP contribution in [0.2, 0.25) is 0 Å². The summed E-state index contributed by atoms with van der Waals surface area (Å²) in [7, 11) is 0. The van der Waals surface area contributed by atoms with E-state index >= 15 is 0 Å². The minimum Gasteiger partial charge on any atom is -0.367 e. The third-order valence-electron chi connectivity index (χ3n) is 2.53. The molecule has 1 fully saturated rings. The standard InChI is InChI=1S/C9H17NO2/c1-2-12-9(8(10)11)6-4-3-5-7-9/h2-7H2,1H3,(H2,10,11). The SMILES string of the molecule is CCOC1(C(N)=O)CCCCC1. The van der Waals surface area contributed by atoms with Crippen LogP contribution in [0.15, 0.2) is 0 Å². The molecule has 70 valence electrons. The summed E-state index contributed by atoms with van der Waals surface area (Å²) in [5.41, 5.74) is 4.69. The summed E-state index contributed by atoms with van der Waals surface area (Å²) >= 11 is 0. The number of hydrogen-bond acceptors (Lipinski definition) is 2. The fraction of sp³-hybridized carbons (Fsp3) is 0.889. The molecule has 0 aliphatic heterocycles.